The Bertz CT molecular complexity index is 282. The summed E-state index contributed by atoms with van der Waals surface area (Å²) in [5, 5.41) is 20.5. The molecule has 92 valence electrons. The molecule has 16 heavy (non-hydrogen) atoms. The van der Waals surface area contributed by atoms with Crippen molar-refractivity contribution in [3.8, 4) is 0 Å². The number of rotatable bonds is 4. The lowest BCUT2D eigenvalue weighted by molar-refractivity contribution is -0.146. The van der Waals surface area contributed by atoms with Gasteiger partial charge in [0, 0.05) is 5.41 Å². The van der Waals surface area contributed by atoms with Gasteiger partial charge < -0.3 is 15.5 Å². The number of carboxylic acids is 1. The fraction of sp³-hybridized carbons (Fsp3) is 0.818. The van der Waals surface area contributed by atoms with E-state index in [0.717, 1.165) is 25.7 Å². The number of carbonyl (C=O) groups excluding carboxylic acids is 1. The summed E-state index contributed by atoms with van der Waals surface area (Å²) in [6.45, 7) is 3.20. The minimum atomic E-state index is -1.22. The second-order valence-electron chi connectivity index (χ2n) is 4.80. The van der Waals surface area contributed by atoms with Crippen LogP contribution in [-0.2, 0) is 9.59 Å². The quantitative estimate of drug-likeness (QED) is 0.655. The fourth-order valence-corrected chi connectivity index (χ4v) is 2.09. The Labute approximate surface area is 94.8 Å². The number of carbonyl (C=O) groups is 2. The van der Waals surface area contributed by atoms with Crippen molar-refractivity contribution in [1.82, 2.24) is 5.32 Å². The molecule has 1 amide bonds. The summed E-state index contributed by atoms with van der Waals surface area (Å²) >= 11 is 0. The van der Waals surface area contributed by atoms with Crippen LogP contribution in [0.15, 0.2) is 0 Å². The topological polar surface area (TPSA) is 86.6 Å². The van der Waals surface area contributed by atoms with Gasteiger partial charge in [-0.15, -0.1) is 0 Å². The third-order valence-corrected chi connectivity index (χ3v) is 3.29. The first-order chi connectivity index (χ1) is 7.37. The van der Waals surface area contributed by atoms with E-state index in [1.807, 2.05) is 6.92 Å². The average Bonchev–Trinajstić information content (AvgIpc) is 2.61. The van der Waals surface area contributed by atoms with Crippen LogP contribution in [0.3, 0.4) is 0 Å². The molecule has 0 spiro atoms. The fourth-order valence-electron chi connectivity index (χ4n) is 2.09. The van der Waals surface area contributed by atoms with Crippen LogP contribution in [0.1, 0.15) is 39.5 Å². The normalized spacial score (nSPS) is 22.4. The predicted molar refractivity (Wildman–Crippen MR) is 57.8 cm³/mol. The van der Waals surface area contributed by atoms with Crippen LogP contribution in [0.5, 0.6) is 0 Å². The van der Waals surface area contributed by atoms with E-state index in [2.05, 4.69) is 5.32 Å². The monoisotopic (exact) mass is 229 g/mol. The maximum Gasteiger partial charge on any atom is 0.328 e. The molecule has 2 atom stereocenters. The molecule has 5 nitrogen and oxygen atoms in total. The zero-order chi connectivity index (χ0) is 12.3. The van der Waals surface area contributed by atoms with Crippen molar-refractivity contribution in [2.75, 3.05) is 0 Å². The molecular weight excluding hydrogens is 210 g/mol. The van der Waals surface area contributed by atoms with Gasteiger partial charge in [-0.25, -0.2) is 4.79 Å². The molecule has 0 radical (unpaired) electrons. The van der Waals surface area contributed by atoms with E-state index >= 15 is 0 Å². The molecule has 0 aromatic rings. The van der Waals surface area contributed by atoms with Gasteiger partial charge >= 0.3 is 5.97 Å². The Morgan fingerprint density at radius 2 is 1.81 bits per heavy atom. The number of nitrogens with one attached hydrogen (secondary N) is 1. The highest BCUT2D eigenvalue weighted by atomic mass is 16.4. The van der Waals surface area contributed by atoms with Crippen molar-refractivity contribution in [2.24, 2.45) is 5.41 Å². The van der Waals surface area contributed by atoms with E-state index in [0.29, 0.717) is 0 Å². The Morgan fingerprint density at radius 1 is 1.31 bits per heavy atom. The Balaban J connectivity index is 2.65. The van der Waals surface area contributed by atoms with E-state index in [4.69, 9.17) is 5.11 Å². The summed E-state index contributed by atoms with van der Waals surface area (Å²) in [6.07, 6.45) is 2.47. The number of amides is 1. The van der Waals surface area contributed by atoms with E-state index in [1.165, 1.54) is 6.92 Å². The van der Waals surface area contributed by atoms with Crippen LogP contribution in [0.25, 0.3) is 0 Å². The molecule has 0 aliphatic heterocycles. The first-order valence-electron chi connectivity index (χ1n) is 5.59. The maximum atomic E-state index is 11.9. The standard InChI is InChI=1S/C11H19NO4/c1-7(13)8(9(14)15)12-10(16)11(2)5-3-4-6-11/h7-8,13H,3-6H2,1-2H3,(H,12,16)(H,14,15). The summed E-state index contributed by atoms with van der Waals surface area (Å²) in [7, 11) is 0. The number of carboxylic acid groups (broad SMARTS) is 1. The van der Waals surface area contributed by atoms with Crippen LogP contribution < -0.4 is 5.32 Å². The lowest BCUT2D eigenvalue weighted by atomic mass is 9.87. The van der Waals surface area contributed by atoms with Crippen molar-refractivity contribution >= 4 is 11.9 Å². The Hall–Kier alpha value is -1.10. The number of aliphatic hydroxyl groups excluding tert-OH is 1. The molecule has 5 heteroatoms. The molecule has 0 aromatic carbocycles. The molecule has 1 fully saturated rings. The molecular formula is C11H19NO4. The molecule has 1 aliphatic rings. The highest BCUT2D eigenvalue weighted by molar-refractivity contribution is 5.87. The number of aliphatic carboxylic acids is 1. The average molecular weight is 229 g/mol. The first kappa shape index (κ1) is 13.0. The second kappa shape index (κ2) is 4.82. The van der Waals surface area contributed by atoms with Crippen LogP contribution >= 0.6 is 0 Å². The zero-order valence-electron chi connectivity index (χ0n) is 9.69. The highest BCUT2D eigenvalue weighted by Crippen LogP contribution is 2.37. The van der Waals surface area contributed by atoms with Gasteiger partial charge in [0.05, 0.1) is 6.10 Å². The van der Waals surface area contributed by atoms with Gasteiger partial charge in [0.25, 0.3) is 0 Å². The van der Waals surface area contributed by atoms with Crippen LogP contribution in [0, 0.1) is 5.41 Å². The van der Waals surface area contributed by atoms with E-state index in [9.17, 15) is 14.7 Å². The summed E-state index contributed by atoms with van der Waals surface area (Å²) in [6, 6.07) is -1.22. The molecule has 0 saturated heterocycles. The number of aliphatic hydroxyl groups is 1. The summed E-state index contributed by atoms with van der Waals surface area (Å²) in [5.74, 6) is -1.47. The van der Waals surface area contributed by atoms with Gasteiger partial charge in [-0.05, 0) is 19.8 Å². The summed E-state index contributed by atoms with van der Waals surface area (Å²) in [4.78, 5) is 22.7. The Morgan fingerprint density at radius 3 is 2.19 bits per heavy atom. The molecule has 0 bridgehead atoms. The Kier molecular flexibility index (Phi) is 3.91. The molecule has 0 heterocycles. The van der Waals surface area contributed by atoms with E-state index < -0.39 is 23.5 Å². The third kappa shape index (κ3) is 2.72. The minimum absolute atomic E-state index is 0.265. The van der Waals surface area contributed by atoms with Crippen molar-refractivity contribution < 1.29 is 19.8 Å². The van der Waals surface area contributed by atoms with E-state index in [-0.39, 0.29) is 5.91 Å². The van der Waals surface area contributed by atoms with Gasteiger partial charge in [0.15, 0.2) is 6.04 Å². The lowest BCUT2D eigenvalue weighted by Gasteiger charge is -2.26. The largest absolute Gasteiger partial charge is 0.480 e. The zero-order valence-corrected chi connectivity index (χ0v) is 9.69. The molecule has 1 saturated carbocycles. The van der Waals surface area contributed by atoms with Crippen molar-refractivity contribution in [2.45, 2.75) is 51.7 Å². The van der Waals surface area contributed by atoms with Gasteiger partial charge in [0.1, 0.15) is 0 Å². The molecule has 3 N–H and O–H groups in total. The van der Waals surface area contributed by atoms with Gasteiger partial charge in [-0.1, -0.05) is 19.8 Å². The van der Waals surface area contributed by atoms with Gasteiger partial charge in [0.2, 0.25) is 5.91 Å². The first-order valence-corrected chi connectivity index (χ1v) is 5.59. The minimum Gasteiger partial charge on any atom is -0.480 e. The van der Waals surface area contributed by atoms with Crippen molar-refractivity contribution in [1.29, 1.82) is 0 Å². The van der Waals surface area contributed by atoms with Crippen molar-refractivity contribution in [3.63, 3.8) is 0 Å². The summed E-state index contributed by atoms with van der Waals surface area (Å²) < 4.78 is 0. The predicted octanol–water partition coefficient (Wildman–Crippen LogP) is 0.517. The van der Waals surface area contributed by atoms with Gasteiger partial charge in [-0.2, -0.15) is 0 Å². The number of hydrogen-bond donors (Lipinski definition) is 3. The van der Waals surface area contributed by atoms with Crippen LogP contribution in [0.4, 0.5) is 0 Å². The highest BCUT2D eigenvalue weighted by Gasteiger charge is 2.38. The second-order valence-corrected chi connectivity index (χ2v) is 4.80. The molecule has 0 aromatic heterocycles. The SMILES string of the molecule is CC(O)C(NC(=O)C1(C)CCCC1)C(=O)O. The van der Waals surface area contributed by atoms with Crippen LogP contribution in [0.2, 0.25) is 0 Å². The maximum absolute atomic E-state index is 11.9. The summed E-state index contributed by atoms with van der Waals surface area (Å²) in [5.41, 5.74) is -0.470. The third-order valence-electron chi connectivity index (χ3n) is 3.29. The smallest absolute Gasteiger partial charge is 0.328 e. The molecule has 1 rings (SSSR count). The van der Waals surface area contributed by atoms with E-state index in [1.54, 1.807) is 0 Å². The number of hydrogen-bond acceptors (Lipinski definition) is 3. The lowest BCUT2D eigenvalue weighted by Crippen LogP contribution is -2.51. The van der Waals surface area contributed by atoms with Gasteiger partial charge in [-0.3, -0.25) is 4.79 Å². The van der Waals surface area contributed by atoms with Crippen LogP contribution in [-0.4, -0.2) is 34.2 Å². The molecule has 2 unspecified atom stereocenters. The van der Waals surface area contributed by atoms with Crippen molar-refractivity contribution in [3.05, 3.63) is 0 Å². The molecule has 1 aliphatic carbocycles.